The number of aromatic amines is 1. The summed E-state index contributed by atoms with van der Waals surface area (Å²) < 4.78 is 22.7. The molecule has 1 aromatic carbocycles. The molecule has 2 aromatic heterocycles. The number of aryl methyl sites for hydroxylation is 1. The van der Waals surface area contributed by atoms with Crippen LogP contribution in [0.3, 0.4) is 0 Å². The summed E-state index contributed by atoms with van der Waals surface area (Å²) >= 11 is 0. The van der Waals surface area contributed by atoms with Crippen LogP contribution in [0.2, 0.25) is 0 Å². The third-order valence-electron chi connectivity index (χ3n) is 4.17. The van der Waals surface area contributed by atoms with Gasteiger partial charge in [0.25, 0.3) is 0 Å². The maximum atomic E-state index is 12.2. The van der Waals surface area contributed by atoms with Crippen molar-refractivity contribution < 1.29 is 18.9 Å². The SMILES string of the molecule is COCCCn1c(=O)[nH]c2ncc(-c3cc(OC)c(OC)c(OC)c3)nc21. The number of nitrogens with one attached hydrogen (secondary N) is 1. The first-order valence-corrected chi connectivity index (χ1v) is 8.37. The van der Waals surface area contributed by atoms with Crippen molar-refractivity contribution >= 4 is 11.3 Å². The van der Waals surface area contributed by atoms with E-state index in [2.05, 4.69) is 15.0 Å². The Morgan fingerprint density at radius 3 is 2.37 bits per heavy atom. The average Bonchev–Trinajstić information content (AvgIpc) is 3.01. The Labute approximate surface area is 155 Å². The fourth-order valence-corrected chi connectivity index (χ4v) is 2.86. The smallest absolute Gasteiger partial charge is 0.328 e. The Kier molecular flexibility index (Phi) is 5.60. The minimum atomic E-state index is -0.247. The van der Waals surface area contributed by atoms with Crippen LogP contribution in [0.1, 0.15) is 6.42 Å². The second-order valence-electron chi connectivity index (χ2n) is 5.77. The molecule has 1 N–H and O–H groups in total. The first-order chi connectivity index (χ1) is 13.1. The molecule has 0 spiro atoms. The fraction of sp³-hybridized carbons (Fsp3) is 0.389. The third-order valence-corrected chi connectivity index (χ3v) is 4.17. The number of nitrogens with zero attached hydrogens (tertiary/aromatic N) is 3. The van der Waals surface area contributed by atoms with Gasteiger partial charge in [0.1, 0.15) is 0 Å². The van der Waals surface area contributed by atoms with E-state index in [1.165, 1.54) is 0 Å². The Morgan fingerprint density at radius 1 is 1.07 bits per heavy atom. The summed E-state index contributed by atoms with van der Waals surface area (Å²) in [5, 5.41) is 0. The molecule has 0 radical (unpaired) electrons. The molecule has 2 heterocycles. The maximum Gasteiger partial charge on any atom is 0.328 e. The summed E-state index contributed by atoms with van der Waals surface area (Å²) in [5.41, 5.74) is 2.00. The zero-order chi connectivity index (χ0) is 19.4. The van der Waals surface area contributed by atoms with Crippen molar-refractivity contribution in [2.75, 3.05) is 35.0 Å². The van der Waals surface area contributed by atoms with Gasteiger partial charge in [0.2, 0.25) is 5.75 Å². The predicted octanol–water partition coefficient (Wildman–Crippen LogP) is 1.85. The predicted molar refractivity (Wildman–Crippen MR) is 99.7 cm³/mol. The molecule has 9 nitrogen and oxygen atoms in total. The van der Waals surface area contributed by atoms with Gasteiger partial charge in [-0.05, 0) is 18.6 Å². The summed E-state index contributed by atoms with van der Waals surface area (Å²) in [4.78, 5) is 23.9. The molecule has 0 atom stereocenters. The van der Waals surface area contributed by atoms with E-state index in [-0.39, 0.29) is 5.69 Å². The van der Waals surface area contributed by atoms with E-state index < -0.39 is 0 Å². The van der Waals surface area contributed by atoms with Crippen molar-refractivity contribution in [3.05, 3.63) is 28.8 Å². The molecule has 3 aromatic rings. The van der Waals surface area contributed by atoms with Crippen LogP contribution in [0.15, 0.2) is 23.1 Å². The van der Waals surface area contributed by atoms with E-state index in [1.54, 1.807) is 51.3 Å². The summed E-state index contributed by atoms with van der Waals surface area (Å²) in [5.74, 6) is 1.52. The molecule has 0 unspecified atom stereocenters. The lowest BCUT2D eigenvalue weighted by atomic mass is 10.1. The number of H-pyrrole nitrogens is 1. The van der Waals surface area contributed by atoms with Gasteiger partial charge >= 0.3 is 5.69 Å². The summed E-state index contributed by atoms with van der Waals surface area (Å²) in [6, 6.07) is 3.58. The highest BCUT2D eigenvalue weighted by atomic mass is 16.5. The molecule has 0 amide bonds. The van der Waals surface area contributed by atoms with Crippen LogP contribution in [0.4, 0.5) is 0 Å². The van der Waals surface area contributed by atoms with E-state index in [1.807, 2.05) is 0 Å². The van der Waals surface area contributed by atoms with Crippen LogP contribution in [0.25, 0.3) is 22.6 Å². The van der Waals surface area contributed by atoms with Crippen molar-refractivity contribution in [2.24, 2.45) is 0 Å². The van der Waals surface area contributed by atoms with Crippen molar-refractivity contribution in [1.29, 1.82) is 0 Å². The second-order valence-corrected chi connectivity index (χ2v) is 5.77. The molecule has 0 fully saturated rings. The van der Waals surface area contributed by atoms with Crippen LogP contribution < -0.4 is 19.9 Å². The number of hydrogen-bond acceptors (Lipinski definition) is 7. The zero-order valence-electron chi connectivity index (χ0n) is 15.7. The second kappa shape index (κ2) is 8.09. The number of benzene rings is 1. The minimum absolute atomic E-state index is 0.247. The molecule has 0 aliphatic rings. The fourth-order valence-electron chi connectivity index (χ4n) is 2.86. The maximum absolute atomic E-state index is 12.2. The van der Waals surface area contributed by atoms with Gasteiger partial charge in [0, 0.05) is 25.8 Å². The highest BCUT2D eigenvalue weighted by molar-refractivity contribution is 5.73. The van der Waals surface area contributed by atoms with Gasteiger partial charge in [0.15, 0.2) is 22.8 Å². The van der Waals surface area contributed by atoms with Crippen molar-refractivity contribution in [1.82, 2.24) is 19.5 Å². The number of rotatable bonds is 8. The van der Waals surface area contributed by atoms with Crippen LogP contribution in [-0.4, -0.2) is 54.6 Å². The molecule has 0 saturated heterocycles. The first-order valence-electron chi connectivity index (χ1n) is 8.37. The van der Waals surface area contributed by atoms with Gasteiger partial charge in [-0.25, -0.2) is 14.8 Å². The summed E-state index contributed by atoms with van der Waals surface area (Å²) in [7, 11) is 6.27. The highest BCUT2D eigenvalue weighted by Crippen LogP contribution is 2.40. The van der Waals surface area contributed by atoms with E-state index in [4.69, 9.17) is 18.9 Å². The average molecular weight is 374 g/mol. The highest BCUT2D eigenvalue weighted by Gasteiger charge is 2.16. The van der Waals surface area contributed by atoms with Gasteiger partial charge in [-0.15, -0.1) is 0 Å². The third kappa shape index (κ3) is 3.59. The van der Waals surface area contributed by atoms with Crippen molar-refractivity contribution in [3.63, 3.8) is 0 Å². The lowest BCUT2D eigenvalue weighted by molar-refractivity contribution is 0.190. The number of imidazole rings is 1. The summed E-state index contributed by atoms with van der Waals surface area (Å²) in [6.45, 7) is 1.04. The molecule has 0 aliphatic heterocycles. The number of hydrogen-bond donors (Lipinski definition) is 1. The number of methoxy groups -OCH3 is 4. The van der Waals surface area contributed by atoms with Crippen molar-refractivity contribution in [3.8, 4) is 28.5 Å². The first kappa shape index (κ1) is 18.7. The molecular formula is C18H22N4O5. The molecule has 0 aliphatic carbocycles. The number of fused-ring (bicyclic) bond motifs is 1. The van der Waals surface area contributed by atoms with Crippen LogP contribution in [0, 0.1) is 0 Å². The standard InChI is InChI=1S/C18H22N4O5/c1-24-7-5-6-22-17-16(21-18(22)23)19-10-12(20-17)11-8-13(25-2)15(27-4)14(9-11)26-3/h8-10H,5-7H2,1-4H3,(H,19,21,23). The van der Waals surface area contributed by atoms with Gasteiger partial charge in [0.05, 0.1) is 33.2 Å². The molecule has 0 saturated carbocycles. The Hall–Kier alpha value is -3.07. The lowest BCUT2D eigenvalue weighted by Gasteiger charge is -2.14. The largest absolute Gasteiger partial charge is 0.493 e. The van der Waals surface area contributed by atoms with Gasteiger partial charge in [-0.1, -0.05) is 0 Å². The minimum Gasteiger partial charge on any atom is -0.493 e. The summed E-state index contributed by atoms with van der Waals surface area (Å²) in [6.07, 6.45) is 2.29. The zero-order valence-corrected chi connectivity index (χ0v) is 15.7. The Morgan fingerprint density at radius 2 is 1.78 bits per heavy atom. The molecule has 9 heteroatoms. The van der Waals surface area contributed by atoms with Gasteiger partial charge in [-0.2, -0.15) is 0 Å². The molecule has 27 heavy (non-hydrogen) atoms. The Bertz CT molecular complexity index is 970. The monoisotopic (exact) mass is 374 g/mol. The number of ether oxygens (including phenoxy) is 4. The molecular weight excluding hydrogens is 352 g/mol. The van der Waals surface area contributed by atoms with E-state index >= 15 is 0 Å². The van der Waals surface area contributed by atoms with Crippen molar-refractivity contribution in [2.45, 2.75) is 13.0 Å². The number of aromatic nitrogens is 4. The quantitative estimate of drug-likeness (QED) is 0.601. The van der Waals surface area contributed by atoms with Crippen LogP contribution in [0.5, 0.6) is 17.2 Å². The van der Waals surface area contributed by atoms with Gasteiger partial charge in [-0.3, -0.25) is 9.55 Å². The molecule has 144 valence electrons. The lowest BCUT2D eigenvalue weighted by Crippen LogP contribution is -2.18. The topological polar surface area (TPSA) is 100 Å². The van der Waals surface area contributed by atoms with Gasteiger partial charge < -0.3 is 18.9 Å². The van der Waals surface area contributed by atoms with E-state index in [9.17, 15) is 4.79 Å². The normalized spacial score (nSPS) is 11.0. The van der Waals surface area contributed by atoms with E-state index in [0.717, 1.165) is 5.56 Å². The molecule has 0 bridgehead atoms. The Balaban J connectivity index is 2.09. The van der Waals surface area contributed by atoms with Crippen LogP contribution >= 0.6 is 0 Å². The molecule has 3 rings (SSSR count). The van der Waals surface area contributed by atoms with E-state index in [0.29, 0.717) is 53.8 Å². The van der Waals surface area contributed by atoms with Crippen LogP contribution in [-0.2, 0) is 11.3 Å².